The summed E-state index contributed by atoms with van der Waals surface area (Å²) >= 11 is 17.5. The van der Waals surface area contributed by atoms with Crippen molar-refractivity contribution < 1.29 is 4.79 Å². The summed E-state index contributed by atoms with van der Waals surface area (Å²) < 4.78 is -1.23. The fourth-order valence-corrected chi connectivity index (χ4v) is 1.62. The maximum Gasteiger partial charge on any atom is 0.207 e. The Morgan fingerprint density at radius 1 is 1.64 bits per heavy atom. The molecule has 1 aromatic heterocycles. The van der Waals surface area contributed by atoms with E-state index in [-0.39, 0.29) is 5.88 Å². The molecule has 0 bridgehead atoms. The minimum absolute atomic E-state index is 0.0145. The third kappa shape index (κ3) is 2.56. The van der Waals surface area contributed by atoms with Crippen molar-refractivity contribution in [1.29, 1.82) is 0 Å². The number of carbonyl (C=O) groups excluding carboxylic acids is 1. The first kappa shape index (κ1) is 11.7. The summed E-state index contributed by atoms with van der Waals surface area (Å²) in [5.74, 6) is 0.0145. The van der Waals surface area contributed by atoms with Crippen LogP contribution in [0, 0.1) is 0 Å². The minimum Gasteiger partial charge on any atom is -0.363 e. The summed E-state index contributed by atoms with van der Waals surface area (Å²) in [6.07, 6.45) is 2.25. The van der Waals surface area contributed by atoms with E-state index in [1.165, 1.54) is 0 Å². The van der Waals surface area contributed by atoms with E-state index in [1.54, 1.807) is 18.3 Å². The van der Waals surface area contributed by atoms with Crippen LogP contribution in [-0.4, -0.2) is 21.6 Å². The van der Waals surface area contributed by atoms with Crippen LogP contribution in [0.25, 0.3) is 0 Å². The van der Waals surface area contributed by atoms with Gasteiger partial charge in [-0.15, -0.1) is 11.6 Å². The lowest BCUT2D eigenvalue weighted by Crippen LogP contribution is -2.36. The second-order valence-corrected chi connectivity index (χ2v) is 4.55. The number of rotatable bonds is 5. The zero-order valence-corrected chi connectivity index (χ0v) is 9.40. The molecule has 1 unspecified atom stereocenters. The maximum atomic E-state index is 10.4. The monoisotopic (exact) mass is 254 g/mol. The Balaban J connectivity index is 2.90. The third-order valence-electron chi connectivity index (χ3n) is 1.77. The van der Waals surface area contributed by atoms with Gasteiger partial charge in [0.15, 0.2) is 4.33 Å². The first-order valence-corrected chi connectivity index (χ1v) is 5.17. The summed E-state index contributed by atoms with van der Waals surface area (Å²) in [4.78, 5) is 13.3. The van der Waals surface area contributed by atoms with Crippen LogP contribution in [0.15, 0.2) is 18.3 Å². The molecule has 0 spiro atoms. The molecule has 0 saturated carbocycles. The standard InChI is InChI=1S/C8H9Cl3N2O/c9-4-8(10,11)7(13-5-14)6-2-1-3-12-6/h1-3,5,7,12H,4H2,(H,13,14). The van der Waals surface area contributed by atoms with Crippen molar-refractivity contribution in [3.05, 3.63) is 24.0 Å². The predicted molar refractivity (Wildman–Crippen MR) is 57.9 cm³/mol. The molecule has 2 N–H and O–H groups in total. The number of alkyl halides is 3. The highest BCUT2D eigenvalue weighted by atomic mass is 35.5. The van der Waals surface area contributed by atoms with Crippen LogP contribution in [-0.2, 0) is 4.79 Å². The number of hydrogen-bond acceptors (Lipinski definition) is 1. The van der Waals surface area contributed by atoms with E-state index in [9.17, 15) is 4.79 Å². The second kappa shape index (κ2) is 4.91. The van der Waals surface area contributed by atoms with E-state index in [4.69, 9.17) is 34.8 Å². The molecule has 1 rings (SSSR count). The highest BCUT2D eigenvalue weighted by Gasteiger charge is 2.35. The lowest BCUT2D eigenvalue weighted by Gasteiger charge is -2.26. The molecule has 78 valence electrons. The highest BCUT2D eigenvalue weighted by molar-refractivity contribution is 6.52. The number of amides is 1. The highest BCUT2D eigenvalue weighted by Crippen LogP contribution is 2.36. The molecule has 0 aromatic carbocycles. The maximum absolute atomic E-state index is 10.4. The minimum atomic E-state index is -1.23. The Bertz CT molecular complexity index is 287. The molecule has 1 aromatic rings. The van der Waals surface area contributed by atoms with Gasteiger partial charge >= 0.3 is 0 Å². The Labute approximate surface area is 96.7 Å². The van der Waals surface area contributed by atoms with E-state index in [0.29, 0.717) is 12.1 Å². The lowest BCUT2D eigenvalue weighted by molar-refractivity contribution is -0.110. The van der Waals surface area contributed by atoms with Crippen molar-refractivity contribution in [2.24, 2.45) is 0 Å². The van der Waals surface area contributed by atoms with E-state index < -0.39 is 10.4 Å². The van der Waals surface area contributed by atoms with Crippen LogP contribution in [0.1, 0.15) is 11.7 Å². The van der Waals surface area contributed by atoms with E-state index >= 15 is 0 Å². The van der Waals surface area contributed by atoms with Crippen molar-refractivity contribution >= 4 is 41.2 Å². The summed E-state index contributed by atoms with van der Waals surface area (Å²) in [6.45, 7) is 0. The fourth-order valence-electron chi connectivity index (χ4n) is 1.11. The zero-order chi connectivity index (χ0) is 10.6. The predicted octanol–water partition coefficient (Wildman–Crippen LogP) is 2.21. The van der Waals surface area contributed by atoms with E-state index in [1.807, 2.05) is 0 Å². The molecule has 0 aliphatic carbocycles. The van der Waals surface area contributed by atoms with Gasteiger partial charge in [-0.2, -0.15) is 0 Å². The van der Waals surface area contributed by atoms with Crippen molar-refractivity contribution in [3.8, 4) is 0 Å². The number of halogens is 3. The van der Waals surface area contributed by atoms with Gasteiger partial charge in [0.2, 0.25) is 6.41 Å². The molecule has 0 radical (unpaired) electrons. The molecule has 3 nitrogen and oxygen atoms in total. The van der Waals surface area contributed by atoms with Crippen LogP contribution >= 0.6 is 34.8 Å². The molecule has 6 heteroatoms. The normalized spacial score (nSPS) is 13.6. The lowest BCUT2D eigenvalue weighted by atomic mass is 10.1. The van der Waals surface area contributed by atoms with Gasteiger partial charge in [0.05, 0.1) is 5.88 Å². The van der Waals surface area contributed by atoms with Gasteiger partial charge in [-0.3, -0.25) is 4.79 Å². The molecule has 0 aliphatic heterocycles. The molecule has 1 atom stereocenters. The number of carbonyl (C=O) groups is 1. The SMILES string of the molecule is O=CNC(c1ccc[nH]1)C(Cl)(Cl)CCl. The molecule has 0 aliphatic rings. The van der Waals surface area contributed by atoms with Crippen molar-refractivity contribution in [2.45, 2.75) is 10.4 Å². The van der Waals surface area contributed by atoms with Crippen LogP contribution < -0.4 is 5.32 Å². The summed E-state index contributed by atoms with van der Waals surface area (Å²) in [5.41, 5.74) is 0.711. The Morgan fingerprint density at radius 2 is 2.36 bits per heavy atom. The van der Waals surface area contributed by atoms with E-state index in [2.05, 4.69) is 10.3 Å². The number of nitrogens with one attached hydrogen (secondary N) is 2. The summed E-state index contributed by atoms with van der Waals surface area (Å²) in [7, 11) is 0. The Hall–Kier alpha value is -0.380. The summed E-state index contributed by atoms with van der Waals surface area (Å²) in [6, 6.07) is 3.01. The Morgan fingerprint density at radius 3 is 2.79 bits per heavy atom. The third-order valence-corrected chi connectivity index (χ3v) is 3.17. The second-order valence-electron chi connectivity index (χ2n) is 2.74. The van der Waals surface area contributed by atoms with Crippen molar-refractivity contribution in [1.82, 2.24) is 10.3 Å². The molecule has 14 heavy (non-hydrogen) atoms. The molecule has 1 amide bonds. The first-order valence-electron chi connectivity index (χ1n) is 3.88. The van der Waals surface area contributed by atoms with E-state index in [0.717, 1.165) is 0 Å². The van der Waals surface area contributed by atoms with Gasteiger partial charge in [0, 0.05) is 11.9 Å². The summed E-state index contributed by atoms with van der Waals surface area (Å²) in [5, 5.41) is 2.52. The average Bonchev–Trinajstić information content (AvgIpc) is 2.66. The van der Waals surface area contributed by atoms with Crippen LogP contribution in [0.2, 0.25) is 0 Å². The van der Waals surface area contributed by atoms with Gasteiger partial charge in [0.25, 0.3) is 0 Å². The first-order chi connectivity index (χ1) is 6.61. The van der Waals surface area contributed by atoms with Crippen LogP contribution in [0.5, 0.6) is 0 Å². The number of aromatic amines is 1. The van der Waals surface area contributed by atoms with Crippen molar-refractivity contribution in [3.63, 3.8) is 0 Å². The molecule has 1 heterocycles. The van der Waals surface area contributed by atoms with Gasteiger partial charge in [-0.1, -0.05) is 23.2 Å². The van der Waals surface area contributed by atoms with Crippen molar-refractivity contribution in [2.75, 3.05) is 5.88 Å². The van der Waals surface area contributed by atoms with Crippen LogP contribution in [0.4, 0.5) is 0 Å². The fraction of sp³-hybridized carbons (Fsp3) is 0.375. The largest absolute Gasteiger partial charge is 0.363 e. The smallest absolute Gasteiger partial charge is 0.207 e. The number of hydrogen-bond donors (Lipinski definition) is 2. The average molecular weight is 256 g/mol. The molecule has 0 fully saturated rings. The molecular formula is C8H9Cl3N2O. The van der Waals surface area contributed by atoms with Gasteiger partial charge in [-0.25, -0.2) is 0 Å². The zero-order valence-electron chi connectivity index (χ0n) is 7.14. The molecular weight excluding hydrogens is 246 g/mol. The number of aromatic nitrogens is 1. The topological polar surface area (TPSA) is 44.9 Å². The Kier molecular flexibility index (Phi) is 4.11. The number of H-pyrrole nitrogens is 1. The van der Waals surface area contributed by atoms with Crippen LogP contribution in [0.3, 0.4) is 0 Å². The molecule has 0 saturated heterocycles. The van der Waals surface area contributed by atoms with Gasteiger partial charge < -0.3 is 10.3 Å². The van der Waals surface area contributed by atoms with Gasteiger partial charge in [0.1, 0.15) is 6.04 Å². The quantitative estimate of drug-likeness (QED) is 0.615. The van der Waals surface area contributed by atoms with Gasteiger partial charge in [-0.05, 0) is 12.1 Å².